The van der Waals surface area contributed by atoms with Gasteiger partial charge < -0.3 is 17.8 Å². The highest BCUT2D eigenvalue weighted by Crippen LogP contribution is 2.34. The standard InChI is InChI=1S/C9H14O6S/c1-2-3-4-5-6-7-12-8-9(13-7)15-16(10,11)14-8/h7H,2-6H2,1H3. The fourth-order valence-corrected chi connectivity index (χ4v) is 2.14. The SMILES string of the molecule is CCCCCCC1OC2=C(O1)OS(=O)(=O)O2. The lowest BCUT2D eigenvalue weighted by molar-refractivity contribution is -0.0851. The van der Waals surface area contributed by atoms with Crippen molar-refractivity contribution < 1.29 is 26.3 Å². The second kappa shape index (κ2) is 4.40. The highest BCUT2D eigenvalue weighted by Gasteiger charge is 2.43. The Morgan fingerprint density at radius 2 is 1.69 bits per heavy atom. The van der Waals surface area contributed by atoms with Crippen LogP contribution >= 0.6 is 0 Å². The summed E-state index contributed by atoms with van der Waals surface area (Å²) in [5.41, 5.74) is 0. The average Bonchev–Trinajstić information content (AvgIpc) is 2.65. The molecule has 0 unspecified atom stereocenters. The molecule has 6 nitrogen and oxygen atoms in total. The molecule has 7 heteroatoms. The van der Waals surface area contributed by atoms with E-state index >= 15 is 0 Å². The van der Waals surface area contributed by atoms with Crippen LogP contribution in [0, 0.1) is 0 Å². The van der Waals surface area contributed by atoms with Gasteiger partial charge in [-0.2, -0.15) is 0 Å². The van der Waals surface area contributed by atoms with Gasteiger partial charge in [-0.15, -0.1) is 8.42 Å². The number of hydrogen-bond acceptors (Lipinski definition) is 6. The molecule has 0 spiro atoms. The zero-order valence-electron chi connectivity index (χ0n) is 8.97. The summed E-state index contributed by atoms with van der Waals surface area (Å²) in [5.74, 6) is -0.360. The van der Waals surface area contributed by atoms with E-state index in [0.717, 1.165) is 19.3 Å². The van der Waals surface area contributed by atoms with Gasteiger partial charge in [-0.3, -0.25) is 0 Å². The van der Waals surface area contributed by atoms with Crippen molar-refractivity contribution in [2.45, 2.75) is 45.3 Å². The van der Waals surface area contributed by atoms with E-state index in [-0.39, 0.29) is 11.9 Å². The second-order valence-corrected chi connectivity index (χ2v) is 4.81. The summed E-state index contributed by atoms with van der Waals surface area (Å²) in [6, 6.07) is 0. The molecular formula is C9H14O6S. The Bertz CT molecular complexity index is 361. The lowest BCUT2D eigenvalue weighted by Gasteiger charge is -2.12. The molecule has 2 aliphatic rings. The van der Waals surface area contributed by atoms with Gasteiger partial charge in [0.1, 0.15) is 0 Å². The lowest BCUT2D eigenvalue weighted by Crippen LogP contribution is -2.13. The van der Waals surface area contributed by atoms with Gasteiger partial charge in [0.2, 0.25) is 6.29 Å². The maximum atomic E-state index is 10.8. The summed E-state index contributed by atoms with van der Waals surface area (Å²) in [5, 5.41) is 0. The molecule has 2 heterocycles. The van der Waals surface area contributed by atoms with Crippen molar-refractivity contribution >= 4 is 10.4 Å². The fraction of sp³-hybridized carbons (Fsp3) is 0.778. The van der Waals surface area contributed by atoms with Crippen molar-refractivity contribution in [3.05, 3.63) is 11.9 Å². The lowest BCUT2D eigenvalue weighted by atomic mass is 10.1. The maximum absolute atomic E-state index is 10.8. The quantitative estimate of drug-likeness (QED) is 0.692. The first-order valence-electron chi connectivity index (χ1n) is 5.32. The van der Waals surface area contributed by atoms with E-state index in [9.17, 15) is 8.42 Å². The Morgan fingerprint density at radius 1 is 1.06 bits per heavy atom. The molecule has 0 saturated carbocycles. The Kier molecular flexibility index (Phi) is 3.13. The predicted octanol–water partition coefficient (Wildman–Crippen LogP) is 1.75. The van der Waals surface area contributed by atoms with Crippen molar-refractivity contribution in [1.29, 1.82) is 0 Å². The van der Waals surface area contributed by atoms with Crippen molar-refractivity contribution in [3.8, 4) is 0 Å². The van der Waals surface area contributed by atoms with Crippen LogP contribution in [0.3, 0.4) is 0 Å². The largest absolute Gasteiger partial charge is 0.506 e. The van der Waals surface area contributed by atoms with Crippen LogP contribution in [-0.4, -0.2) is 14.7 Å². The molecule has 2 aliphatic heterocycles. The monoisotopic (exact) mass is 250 g/mol. The summed E-state index contributed by atoms with van der Waals surface area (Å²) in [4.78, 5) is 0. The molecule has 0 radical (unpaired) electrons. The number of hydrogen-bond donors (Lipinski definition) is 0. The third-order valence-corrected chi connectivity index (χ3v) is 3.00. The van der Waals surface area contributed by atoms with Crippen LogP contribution in [-0.2, 0) is 28.2 Å². The summed E-state index contributed by atoms with van der Waals surface area (Å²) >= 11 is 0. The van der Waals surface area contributed by atoms with E-state index in [1.165, 1.54) is 6.42 Å². The molecule has 0 aromatic rings. The highest BCUT2D eigenvalue weighted by atomic mass is 32.3. The molecule has 0 bridgehead atoms. The first kappa shape index (κ1) is 11.4. The van der Waals surface area contributed by atoms with E-state index in [0.29, 0.717) is 6.42 Å². The van der Waals surface area contributed by atoms with Crippen LogP contribution in [0.4, 0.5) is 0 Å². The second-order valence-electron chi connectivity index (χ2n) is 3.66. The summed E-state index contributed by atoms with van der Waals surface area (Å²) in [6.07, 6.45) is 4.60. The molecule has 0 aromatic carbocycles. The van der Waals surface area contributed by atoms with Gasteiger partial charge in [-0.25, -0.2) is 0 Å². The predicted molar refractivity (Wildman–Crippen MR) is 52.8 cm³/mol. The van der Waals surface area contributed by atoms with E-state index in [1.54, 1.807) is 0 Å². The minimum Gasteiger partial charge on any atom is -0.419 e. The number of ether oxygens (including phenoxy) is 2. The van der Waals surface area contributed by atoms with Gasteiger partial charge in [0.05, 0.1) is 0 Å². The van der Waals surface area contributed by atoms with E-state index < -0.39 is 16.7 Å². The van der Waals surface area contributed by atoms with Crippen molar-refractivity contribution in [2.75, 3.05) is 0 Å². The molecule has 0 N–H and O–H groups in total. The molecular weight excluding hydrogens is 236 g/mol. The zero-order chi connectivity index (χ0) is 11.6. The third kappa shape index (κ3) is 2.52. The fourth-order valence-electron chi connectivity index (χ4n) is 1.52. The highest BCUT2D eigenvalue weighted by molar-refractivity contribution is 7.82. The van der Waals surface area contributed by atoms with Crippen LogP contribution < -0.4 is 0 Å². The normalized spacial score (nSPS) is 22.1. The third-order valence-electron chi connectivity index (χ3n) is 2.29. The summed E-state index contributed by atoms with van der Waals surface area (Å²) < 4.78 is 40.7. The smallest absolute Gasteiger partial charge is 0.419 e. The van der Waals surface area contributed by atoms with E-state index in [2.05, 4.69) is 15.3 Å². The molecule has 92 valence electrons. The Balaban J connectivity index is 1.73. The van der Waals surface area contributed by atoms with Gasteiger partial charge in [0.15, 0.2) is 0 Å². The first-order valence-corrected chi connectivity index (χ1v) is 6.65. The summed E-state index contributed by atoms with van der Waals surface area (Å²) in [7, 11) is -3.98. The molecule has 0 aromatic heterocycles. The number of rotatable bonds is 5. The van der Waals surface area contributed by atoms with Crippen molar-refractivity contribution in [3.63, 3.8) is 0 Å². The van der Waals surface area contributed by atoms with Crippen molar-refractivity contribution in [1.82, 2.24) is 0 Å². The molecule has 0 amide bonds. The Labute approximate surface area is 94.5 Å². The van der Waals surface area contributed by atoms with Gasteiger partial charge in [-0.1, -0.05) is 26.2 Å². The van der Waals surface area contributed by atoms with Crippen LogP contribution in [0.25, 0.3) is 0 Å². The Morgan fingerprint density at radius 3 is 2.25 bits per heavy atom. The van der Waals surface area contributed by atoms with Crippen LogP contribution in [0.5, 0.6) is 0 Å². The van der Waals surface area contributed by atoms with Crippen molar-refractivity contribution in [2.24, 2.45) is 0 Å². The average molecular weight is 250 g/mol. The molecule has 0 fully saturated rings. The number of unbranched alkanes of at least 4 members (excludes halogenated alkanes) is 3. The molecule has 2 rings (SSSR count). The molecule has 0 saturated heterocycles. The first-order chi connectivity index (χ1) is 7.61. The van der Waals surface area contributed by atoms with E-state index in [4.69, 9.17) is 9.47 Å². The summed E-state index contributed by atoms with van der Waals surface area (Å²) in [6.45, 7) is 2.13. The van der Waals surface area contributed by atoms with Crippen LogP contribution in [0.15, 0.2) is 11.9 Å². The van der Waals surface area contributed by atoms with Gasteiger partial charge in [0, 0.05) is 6.42 Å². The Hall–Kier alpha value is -1.11. The minimum absolute atomic E-state index is 0.180. The van der Waals surface area contributed by atoms with Gasteiger partial charge in [-0.05, 0) is 6.42 Å². The van der Waals surface area contributed by atoms with Gasteiger partial charge in [0.25, 0.3) is 0 Å². The van der Waals surface area contributed by atoms with Crippen LogP contribution in [0.2, 0.25) is 0 Å². The van der Waals surface area contributed by atoms with Gasteiger partial charge >= 0.3 is 22.3 Å². The van der Waals surface area contributed by atoms with E-state index in [1.807, 2.05) is 0 Å². The minimum atomic E-state index is -3.98. The maximum Gasteiger partial charge on any atom is 0.506 e. The van der Waals surface area contributed by atoms with Crippen LogP contribution in [0.1, 0.15) is 39.0 Å². The molecule has 0 aliphatic carbocycles. The molecule has 16 heavy (non-hydrogen) atoms. The zero-order valence-corrected chi connectivity index (χ0v) is 9.79. The topological polar surface area (TPSA) is 71.1 Å². The molecule has 0 atom stereocenters.